The molecule has 0 saturated carbocycles. The van der Waals surface area contributed by atoms with E-state index in [0.29, 0.717) is 0 Å². The third-order valence-corrected chi connectivity index (χ3v) is 3.59. The van der Waals surface area contributed by atoms with E-state index in [1.54, 1.807) is 0 Å². The molecule has 1 atom stereocenters. The zero-order valence-corrected chi connectivity index (χ0v) is 13.2. The first-order valence-electron chi connectivity index (χ1n) is 6.58. The van der Waals surface area contributed by atoms with E-state index in [9.17, 15) is 10.1 Å². The van der Waals surface area contributed by atoms with Crippen LogP contribution in [0.4, 0.5) is 0 Å². The Morgan fingerprint density at radius 3 is 2.62 bits per heavy atom. The van der Waals surface area contributed by atoms with E-state index < -0.39 is 6.04 Å². The summed E-state index contributed by atoms with van der Waals surface area (Å²) < 4.78 is 0.882. The highest BCUT2D eigenvalue weighted by Gasteiger charge is 2.14. The Balaban J connectivity index is 2.03. The maximum absolute atomic E-state index is 12.1. The molecule has 106 valence electrons. The van der Waals surface area contributed by atoms with E-state index in [-0.39, 0.29) is 12.3 Å². The van der Waals surface area contributed by atoms with Crippen molar-refractivity contribution in [3.63, 3.8) is 0 Å². The van der Waals surface area contributed by atoms with Gasteiger partial charge in [-0.15, -0.1) is 0 Å². The molecule has 2 aromatic carbocycles. The number of carbonyl (C=O) groups excluding carboxylic acids is 1. The van der Waals surface area contributed by atoms with Gasteiger partial charge >= 0.3 is 0 Å². The molecule has 0 spiro atoms. The SMILES string of the molecule is Cc1ccc(CC(=O)NC(C#N)c2cccc(Br)c2)cc1. The summed E-state index contributed by atoms with van der Waals surface area (Å²) in [5, 5.41) is 12.0. The van der Waals surface area contributed by atoms with Crippen molar-refractivity contribution < 1.29 is 4.79 Å². The lowest BCUT2D eigenvalue weighted by molar-refractivity contribution is -0.120. The quantitative estimate of drug-likeness (QED) is 0.921. The number of halogens is 1. The molecule has 0 aliphatic carbocycles. The largest absolute Gasteiger partial charge is 0.336 e. The van der Waals surface area contributed by atoms with Crippen LogP contribution in [0, 0.1) is 18.3 Å². The molecule has 1 N–H and O–H groups in total. The normalized spacial score (nSPS) is 11.5. The molecule has 1 unspecified atom stereocenters. The summed E-state index contributed by atoms with van der Waals surface area (Å²) in [6.45, 7) is 2.00. The molecule has 3 nitrogen and oxygen atoms in total. The number of aryl methyl sites for hydroxylation is 1. The molecule has 0 radical (unpaired) electrons. The highest BCUT2D eigenvalue weighted by atomic mass is 79.9. The van der Waals surface area contributed by atoms with Gasteiger partial charge in [-0.2, -0.15) is 5.26 Å². The number of amides is 1. The van der Waals surface area contributed by atoms with Gasteiger partial charge in [0.05, 0.1) is 12.5 Å². The topological polar surface area (TPSA) is 52.9 Å². The summed E-state index contributed by atoms with van der Waals surface area (Å²) >= 11 is 3.36. The Kier molecular flexibility index (Phi) is 5.13. The van der Waals surface area contributed by atoms with Crippen LogP contribution in [0.2, 0.25) is 0 Å². The molecule has 0 aliphatic rings. The summed E-state index contributed by atoms with van der Waals surface area (Å²) in [5.41, 5.74) is 2.86. The zero-order valence-electron chi connectivity index (χ0n) is 11.6. The van der Waals surface area contributed by atoms with E-state index in [4.69, 9.17) is 0 Å². The van der Waals surface area contributed by atoms with Crippen molar-refractivity contribution in [2.75, 3.05) is 0 Å². The highest BCUT2D eigenvalue weighted by molar-refractivity contribution is 9.10. The molecule has 21 heavy (non-hydrogen) atoms. The number of hydrogen-bond acceptors (Lipinski definition) is 2. The average Bonchev–Trinajstić information content (AvgIpc) is 2.47. The van der Waals surface area contributed by atoms with Crippen molar-refractivity contribution in [3.05, 3.63) is 69.7 Å². The fourth-order valence-electron chi connectivity index (χ4n) is 1.98. The molecule has 2 rings (SSSR count). The minimum Gasteiger partial charge on any atom is -0.336 e. The maximum atomic E-state index is 12.1. The van der Waals surface area contributed by atoms with Crippen molar-refractivity contribution in [2.24, 2.45) is 0 Å². The fourth-order valence-corrected chi connectivity index (χ4v) is 2.40. The van der Waals surface area contributed by atoms with Gasteiger partial charge in [0.2, 0.25) is 5.91 Å². The standard InChI is InChI=1S/C17H15BrN2O/c1-12-5-7-13(8-6-12)9-17(21)20-16(11-19)14-3-2-4-15(18)10-14/h2-8,10,16H,9H2,1H3,(H,20,21). The van der Waals surface area contributed by atoms with Crippen molar-refractivity contribution in [3.8, 4) is 6.07 Å². The fraction of sp³-hybridized carbons (Fsp3) is 0.176. The Morgan fingerprint density at radius 1 is 1.29 bits per heavy atom. The first-order valence-corrected chi connectivity index (χ1v) is 7.38. The number of nitrogens with one attached hydrogen (secondary N) is 1. The second kappa shape index (κ2) is 7.05. The Morgan fingerprint density at radius 2 is 2.00 bits per heavy atom. The van der Waals surface area contributed by atoms with Crippen LogP contribution in [-0.4, -0.2) is 5.91 Å². The monoisotopic (exact) mass is 342 g/mol. The molecule has 1 amide bonds. The summed E-state index contributed by atoms with van der Waals surface area (Å²) in [6, 6.07) is 16.7. The minimum atomic E-state index is -0.638. The van der Waals surface area contributed by atoms with Gasteiger partial charge in [-0.1, -0.05) is 57.9 Å². The molecule has 0 heterocycles. The molecular formula is C17H15BrN2O. The molecule has 0 bridgehead atoms. The second-order valence-corrected chi connectivity index (χ2v) is 5.76. The average molecular weight is 343 g/mol. The van der Waals surface area contributed by atoms with E-state index in [1.807, 2.05) is 55.5 Å². The number of nitrogens with zero attached hydrogens (tertiary/aromatic N) is 1. The Hall–Kier alpha value is -2.12. The van der Waals surface area contributed by atoms with E-state index >= 15 is 0 Å². The first-order chi connectivity index (χ1) is 10.1. The lowest BCUT2D eigenvalue weighted by Gasteiger charge is -2.12. The van der Waals surface area contributed by atoms with Crippen LogP contribution in [0.3, 0.4) is 0 Å². The predicted octanol–water partition coefficient (Wildman–Crippen LogP) is 3.68. The van der Waals surface area contributed by atoms with Crippen molar-refractivity contribution in [2.45, 2.75) is 19.4 Å². The third kappa shape index (κ3) is 4.44. The molecule has 0 fully saturated rings. The van der Waals surface area contributed by atoms with Crippen LogP contribution in [-0.2, 0) is 11.2 Å². The summed E-state index contributed by atoms with van der Waals surface area (Å²) in [5.74, 6) is -0.162. The van der Waals surface area contributed by atoms with Crippen LogP contribution in [0.15, 0.2) is 53.0 Å². The van der Waals surface area contributed by atoms with E-state index in [1.165, 1.54) is 0 Å². The number of benzene rings is 2. The van der Waals surface area contributed by atoms with Crippen molar-refractivity contribution in [1.82, 2.24) is 5.32 Å². The molecular weight excluding hydrogens is 328 g/mol. The zero-order chi connectivity index (χ0) is 15.2. The van der Waals surface area contributed by atoms with Gasteiger partial charge in [-0.25, -0.2) is 0 Å². The van der Waals surface area contributed by atoms with Gasteiger partial charge in [0.25, 0.3) is 0 Å². The smallest absolute Gasteiger partial charge is 0.225 e. The van der Waals surface area contributed by atoms with Crippen molar-refractivity contribution >= 4 is 21.8 Å². The molecule has 2 aromatic rings. The lowest BCUT2D eigenvalue weighted by Crippen LogP contribution is -2.29. The highest BCUT2D eigenvalue weighted by Crippen LogP contribution is 2.18. The van der Waals surface area contributed by atoms with Gasteiger partial charge in [0, 0.05) is 4.47 Å². The van der Waals surface area contributed by atoms with Gasteiger partial charge in [-0.3, -0.25) is 4.79 Å². The molecule has 0 aliphatic heterocycles. The van der Waals surface area contributed by atoms with Crippen LogP contribution >= 0.6 is 15.9 Å². The van der Waals surface area contributed by atoms with Crippen molar-refractivity contribution in [1.29, 1.82) is 5.26 Å². The van der Waals surface area contributed by atoms with Gasteiger partial charge in [0.1, 0.15) is 6.04 Å². The third-order valence-electron chi connectivity index (χ3n) is 3.10. The van der Waals surface area contributed by atoms with Gasteiger partial charge in [-0.05, 0) is 30.2 Å². The Labute approximate surface area is 132 Å². The molecule has 4 heteroatoms. The van der Waals surface area contributed by atoms with Crippen LogP contribution in [0.25, 0.3) is 0 Å². The predicted molar refractivity (Wildman–Crippen MR) is 85.5 cm³/mol. The van der Waals surface area contributed by atoms with E-state index in [0.717, 1.165) is 21.2 Å². The molecule has 0 aromatic heterocycles. The van der Waals surface area contributed by atoms with Gasteiger partial charge in [0.15, 0.2) is 0 Å². The first kappa shape index (κ1) is 15.3. The number of rotatable bonds is 4. The Bertz CT molecular complexity index is 674. The van der Waals surface area contributed by atoms with Gasteiger partial charge < -0.3 is 5.32 Å². The van der Waals surface area contributed by atoms with E-state index in [2.05, 4.69) is 27.3 Å². The maximum Gasteiger partial charge on any atom is 0.225 e. The van der Waals surface area contributed by atoms with Crippen LogP contribution in [0.5, 0.6) is 0 Å². The molecule has 0 saturated heterocycles. The van der Waals surface area contributed by atoms with Crippen LogP contribution < -0.4 is 5.32 Å². The van der Waals surface area contributed by atoms with Crippen LogP contribution in [0.1, 0.15) is 22.7 Å². The number of carbonyl (C=O) groups is 1. The minimum absolute atomic E-state index is 0.162. The second-order valence-electron chi connectivity index (χ2n) is 4.85. The number of nitriles is 1. The lowest BCUT2D eigenvalue weighted by atomic mass is 10.1. The summed E-state index contributed by atoms with van der Waals surface area (Å²) in [7, 11) is 0. The summed E-state index contributed by atoms with van der Waals surface area (Å²) in [4.78, 5) is 12.1. The summed E-state index contributed by atoms with van der Waals surface area (Å²) in [6.07, 6.45) is 0.270. The number of hydrogen-bond donors (Lipinski definition) is 1.